The van der Waals surface area contributed by atoms with Gasteiger partial charge < -0.3 is 9.64 Å². The summed E-state index contributed by atoms with van der Waals surface area (Å²) in [6, 6.07) is 12.7. The van der Waals surface area contributed by atoms with Crippen molar-refractivity contribution in [1.29, 1.82) is 0 Å². The fourth-order valence-electron chi connectivity index (χ4n) is 4.59. The predicted octanol–water partition coefficient (Wildman–Crippen LogP) is 2.94. The molecule has 0 spiro atoms. The molecule has 2 fully saturated rings. The number of ether oxygens (including phenoxy) is 1. The number of carbonyl (C=O) groups excluding carboxylic acids is 1. The van der Waals surface area contributed by atoms with E-state index in [4.69, 9.17) is 4.74 Å². The molecule has 172 valence electrons. The zero-order valence-electron chi connectivity index (χ0n) is 18.7. The molecule has 2 aliphatic rings. The molecular formula is C24H31N3O4S. The number of aryl methyl sites for hydroxylation is 1. The highest BCUT2D eigenvalue weighted by Gasteiger charge is 2.30. The van der Waals surface area contributed by atoms with Gasteiger partial charge in [0.1, 0.15) is 6.10 Å². The molecule has 0 N–H and O–H groups in total. The van der Waals surface area contributed by atoms with Crippen molar-refractivity contribution in [2.24, 2.45) is 0 Å². The SMILES string of the molecule is Cc1cccc(OC2CCN(C3CCN(C(=O)c4cccc(S(C)(=O)=O)c4)CC3)CC2)n1. The Bertz CT molecular complexity index is 1060. The number of aromatic nitrogens is 1. The van der Waals surface area contributed by atoms with Gasteiger partial charge in [0.05, 0.1) is 4.90 Å². The van der Waals surface area contributed by atoms with Gasteiger partial charge in [0, 0.05) is 55.8 Å². The van der Waals surface area contributed by atoms with Crippen molar-refractivity contribution in [3.8, 4) is 5.88 Å². The largest absolute Gasteiger partial charge is 0.474 e. The van der Waals surface area contributed by atoms with E-state index in [0.717, 1.165) is 50.7 Å². The first-order valence-corrected chi connectivity index (χ1v) is 13.1. The average molecular weight is 458 g/mol. The molecule has 2 aromatic rings. The molecule has 8 heteroatoms. The van der Waals surface area contributed by atoms with Crippen LogP contribution < -0.4 is 4.74 Å². The van der Waals surface area contributed by atoms with Gasteiger partial charge in [-0.3, -0.25) is 9.69 Å². The van der Waals surface area contributed by atoms with Crippen LogP contribution in [0.15, 0.2) is 47.4 Å². The molecule has 1 aromatic heterocycles. The third kappa shape index (κ3) is 5.48. The maximum Gasteiger partial charge on any atom is 0.253 e. The monoisotopic (exact) mass is 457 g/mol. The minimum atomic E-state index is -3.33. The quantitative estimate of drug-likeness (QED) is 0.687. The highest BCUT2D eigenvalue weighted by Crippen LogP contribution is 2.24. The molecule has 0 unspecified atom stereocenters. The van der Waals surface area contributed by atoms with Gasteiger partial charge in [-0.15, -0.1) is 0 Å². The minimum absolute atomic E-state index is 0.0910. The zero-order chi connectivity index (χ0) is 22.7. The van der Waals surface area contributed by atoms with E-state index in [1.165, 1.54) is 12.1 Å². The van der Waals surface area contributed by atoms with Gasteiger partial charge in [0.25, 0.3) is 5.91 Å². The summed E-state index contributed by atoms with van der Waals surface area (Å²) in [6.45, 7) is 5.33. The van der Waals surface area contributed by atoms with Crippen molar-refractivity contribution in [2.45, 2.75) is 49.6 Å². The number of piperidine rings is 2. The highest BCUT2D eigenvalue weighted by atomic mass is 32.2. The summed E-state index contributed by atoms with van der Waals surface area (Å²) in [5, 5.41) is 0. The number of pyridine rings is 1. The number of sulfone groups is 1. The first kappa shape index (κ1) is 22.7. The normalized spacial score (nSPS) is 19.1. The van der Waals surface area contributed by atoms with E-state index in [1.807, 2.05) is 30.0 Å². The molecule has 7 nitrogen and oxygen atoms in total. The number of amides is 1. The number of hydrogen-bond acceptors (Lipinski definition) is 6. The Morgan fingerprint density at radius 1 is 1.00 bits per heavy atom. The molecule has 0 aliphatic carbocycles. The van der Waals surface area contributed by atoms with Crippen molar-refractivity contribution in [1.82, 2.24) is 14.8 Å². The Morgan fingerprint density at radius 2 is 1.69 bits per heavy atom. The van der Waals surface area contributed by atoms with Crippen LogP contribution in [0.3, 0.4) is 0 Å². The van der Waals surface area contributed by atoms with E-state index in [9.17, 15) is 13.2 Å². The first-order chi connectivity index (χ1) is 15.3. The Kier molecular flexibility index (Phi) is 6.81. The van der Waals surface area contributed by atoms with Crippen LogP contribution >= 0.6 is 0 Å². The van der Waals surface area contributed by atoms with Crippen molar-refractivity contribution in [2.75, 3.05) is 32.4 Å². The lowest BCUT2D eigenvalue weighted by Crippen LogP contribution is -2.50. The lowest BCUT2D eigenvalue weighted by atomic mass is 9.98. The van der Waals surface area contributed by atoms with Crippen LogP contribution in [0.25, 0.3) is 0 Å². The Morgan fingerprint density at radius 3 is 2.34 bits per heavy atom. The number of nitrogens with zero attached hydrogens (tertiary/aromatic N) is 3. The van der Waals surface area contributed by atoms with Gasteiger partial charge in [-0.25, -0.2) is 13.4 Å². The third-order valence-corrected chi connectivity index (χ3v) is 7.51. The molecular weight excluding hydrogens is 426 g/mol. The standard InChI is InChI=1S/C24H31N3O4S/c1-18-5-3-8-23(25-18)31-21-11-15-26(16-12-21)20-9-13-27(14-10-20)24(28)19-6-4-7-22(17-19)32(2,29)30/h3-8,17,20-21H,9-16H2,1-2H3. The second-order valence-electron chi connectivity index (χ2n) is 8.79. The Labute approximate surface area is 190 Å². The molecule has 0 saturated carbocycles. The lowest BCUT2D eigenvalue weighted by Gasteiger charge is -2.41. The number of benzene rings is 1. The Balaban J connectivity index is 1.27. The van der Waals surface area contributed by atoms with Gasteiger partial charge in [0.2, 0.25) is 5.88 Å². The molecule has 4 rings (SSSR count). The molecule has 32 heavy (non-hydrogen) atoms. The topological polar surface area (TPSA) is 79.8 Å². The summed E-state index contributed by atoms with van der Waals surface area (Å²) < 4.78 is 29.7. The van der Waals surface area contributed by atoms with Crippen LogP contribution in [0.5, 0.6) is 5.88 Å². The van der Waals surface area contributed by atoms with Crippen molar-refractivity contribution in [3.05, 3.63) is 53.7 Å². The van der Waals surface area contributed by atoms with Crippen molar-refractivity contribution in [3.63, 3.8) is 0 Å². The number of likely N-dealkylation sites (tertiary alicyclic amines) is 2. The van der Waals surface area contributed by atoms with E-state index in [1.54, 1.807) is 12.1 Å². The van der Waals surface area contributed by atoms with Crippen LogP contribution in [0.4, 0.5) is 0 Å². The first-order valence-electron chi connectivity index (χ1n) is 11.2. The van der Waals surface area contributed by atoms with Gasteiger partial charge >= 0.3 is 0 Å². The summed E-state index contributed by atoms with van der Waals surface area (Å²) in [5.41, 5.74) is 1.40. The van der Waals surface area contributed by atoms with Crippen LogP contribution in [-0.4, -0.2) is 73.7 Å². The zero-order valence-corrected chi connectivity index (χ0v) is 19.6. The Hall–Kier alpha value is -2.45. The van der Waals surface area contributed by atoms with Gasteiger partial charge in [-0.2, -0.15) is 0 Å². The van der Waals surface area contributed by atoms with Crippen molar-refractivity contribution >= 4 is 15.7 Å². The summed E-state index contributed by atoms with van der Waals surface area (Å²) in [5.74, 6) is 0.613. The van der Waals surface area contributed by atoms with Crippen LogP contribution in [0.2, 0.25) is 0 Å². The molecule has 0 radical (unpaired) electrons. The van der Waals surface area contributed by atoms with Crippen LogP contribution in [0.1, 0.15) is 41.7 Å². The maximum atomic E-state index is 12.9. The second-order valence-corrected chi connectivity index (χ2v) is 10.8. The minimum Gasteiger partial charge on any atom is -0.474 e. The lowest BCUT2D eigenvalue weighted by molar-refractivity contribution is 0.0415. The average Bonchev–Trinajstić information content (AvgIpc) is 2.79. The van der Waals surface area contributed by atoms with E-state index in [2.05, 4.69) is 9.88 Å². The molecule has 0 bridgehead atoms. The molecule has 2 aliphatic heterocycles. The molecule has 1 amide bonds. The molecule has 0 atom stereocenters. The van der Waals surface area contributed by atoms with E-state index >= 15 is 0 Å². The summed E-state index contributed by atoms with van der Waals surface area (Å²) >= 11 is 0. The van der Waals surface area contributed by atoms with E-state index in [0.29, 0.717) is 30.6 Å². The molecule has 2 saturated heterocycles. The fourth-order valence-corrected chi connectivity index (χ4v) is 5.26. The third-order valence-electron chi connectivity index (χ3n) is 6.40. The van der Waals surface area contributed by atoms with E-state index in [-0.39, 0.29) is 16.9 Å². The molecule has 1 aromatic carbocycles. The summed E-state index contributed by atoms with van der Waals surface area (Å²) in [4.78, 5) is 21.9. The van der Waals surface area contributed by atoms with Crippen LogP contribution in [0, 0.1) is 6.92 Å². The van der Waals surface area contributed by atoms with E-state index < -0.39 is 9.84 Å². The number of rotatable bonds is 5. The van der Waals surface area contributed by atoms with Crippen molar-refractivity contribution < 1.29 is 17.9 Å². The van der Waals surface area contributed by atoms with Gasteiger partial charge in [0.15, 0.2) is 9.84 Å². The fraction of sp³-hybridized carbons (Fsp3) is 0.500. The molecule has 3 heterocycles. The number of hydrogen-bond donors (Lipinski definition) is 0. The predicted molar refractivity (Wildman–Crippen MR) is 123 cm³/mol. The van der Waals surface area contributed by atoms with Gasteiger partial charge in [-0.05, 0) is 56.9 Å². The highest BCUT2D eigenvalue weighted by molar-refractivity contribution is 7.90. The summed E-state index contributed by atoms with van der Waals surface area (Å²) in [6.07, 6.45) is 5.18. The maximum absolute atomic E-state index is 12.9. The second kappa shape index (κ2) is 9.58. The smallest absolute Gasteiger partial charge is 0.253 e. The summed E-state index contributed by atoms with van der Waals surface area (Å²) in [7, 11) is -3.33. The number of carbonyl (C=O) groups is 1. The van der Waals surface area contributed by atoms with Gasteiger partial charge in [-0.1, -0.05) is 12.1 Å². The van der Waals surface area contributed by atoms with Crippen LogP contribution in [-0.2, 0) is 9.84 Å².